The van der Waals surface area contributed by atoms with Gasteiger partial charge in [0.15, 0.2) is 5.76 Å². The van der Waals surface area contributed by atoms with Crippen molar-refractivity contribution in [3.63, 3.8) is 0 Å². The first-order valence-electron chi connectivity index (χ1n) is 6.01. The normalized spacial score (nSPS) is 10.7. The van der Waals surface area contributed by atoms with E-state index in [0.717, 1.165) is 9.56 Å². The highest BCUT2D eigenvalue weighted by atomic mass is 32.1. The van der Waals surface area contributed by atoms with Crippen molar-refractivity contribution >= 4 is 17.2 Å². The molecule has 2 N–H and O–H groups in total. The van der Waals surface area contributed by atoms with Crippen molar-refractivity contribution < 1.29 is 9.32 Å². The predicted octanol–water partition coefficient (Wildman–Crippen LogP) is 1.11. The van der Waals surface area contributed by atoms with E-state index in [4.69, 9.17) is 10.3 Å². The molecule has 1 amide bonds. The van der Waals surface area contributed by atoms with E-state index in [1.807, 2.05) is 17.5 Å². The van der Waals surface area contributed by atoms with Crippen LogP contribution in [0, 0.1) is 0 Å². The number of primary amides is 1. The highest BCUT2D eigenvalue weighted by Crippen LogP contribution is 2.25. The third-order valence-corrected chi connectivity index (χ3v) is 3.64. The third kappa shape index (κ3) is 2.75. The second-order valence-electron chi connectivity index (χ2n) is 4.24. The van der Waals surface area contributed by atoms with Gasteiger partial charge >= 0.3 is 0 Å². The maximum absolute atomic E-state index is 11.7. The molecule has 0 aliphatic rings. The minimum atomic E-state index is -0.692. The summed E-state index contributed by atoms with van der Waals surface area (Å²) in [5, 5.41) is 9.72. The minimum Gasteiger partial charge on any atom is -0.364 e. The van der Waals surface area contributed by atoms with E-state index in [1.54, 1.807) is 6.07 Å². The van der Waals surface area contributed by atoms with Crippen molar-refractivity contribution in [2.45, 2.75) is 6.54 Å². The van der Waals surface area contributed by atoms with E-state index in [-0.39, 0.29) is 17.8 Å². The topological polar surface area (TPSA) is 104 Å². The number of nitrogens with zero attached hydrogens (tertiary/aromatic N) is 3. The Morgan fingerprint density at radius 3 is 2.95 bits per heavy atom. The van der Waals surface area contributed by atoms with Crippen molar-refractivity contribution in [1.82, 2.24) is 14.9 Å². The van der Waals surface area contributed by atoms with E-state index >= 15 is 0 Å². The molecule has 3 heterocycles. The zero-order valence-corrected chi connectivity index (χ0v) is 11.5. The lowest BCUT2D eigenvalue weighted by atomic mass is 10.3. The molecule has 0 unspecified atom stereocenters. The molecule has 0 radical (unpaired) electrons. The standard InChI is InChI=1S/C13H10N4O3S/c14-13(19)9-3-4-12(18)17(15-9)7-8-6-10(20-16-8)11-2-1-5-21-11/h1-6H,7H2,(H2,14,19). The summed E-state index contributed by atoms with van der Waals surface area (Å²) in [6, 6.07) is 8.09. The number of carbonyl (C=O) groups is 1. The average molecular weight is 302 g/mol. The van der Waals surface area contributed by atoms with Crippen molar-refractivity contribution in [3.8, 4) is 10.6 Å². The van der Waals surface area contributed by atoms with Gasteiger partial charge in [-0.05, 0) is 17.5 Å². The second kappa shape index (κ2) is 5.33. The van der Waals surface area contributed by atoms with Crippen LogP contribution in [0.15, 0.2) is 45.0 Å². The van der Waals surface area contributed by atoms with Crippen LogP contribution >= 0.6 is 11.3 Å². The zero-order chi connectivity index (χ0) is 14.8. The van der Waals surface area contributed by atoms with E-state index in [9.17, 15) is 9.59 Å². The van der Waals surface area contributed by atoms with Crippen LogP contribution in [0.4, 0.5) is 0 Å². The Morgan fingerprint density at radius 1 is 1.38 bits per heavy atom. The molecule has 0 saturated carbocycles. The molecule has 8 heteroatoms. The molecule has 0 atom stereocenters. The van der Waals surface area contributed by atoms with Gasteiger partial charge in [-0.2, -0.15) is 5.10 Å². The molecule has 0 bridgehead atoms. The number of carbonyl (C=O) groups excluding carboxylic acids is 1. The number of hydrogen-bond acceptors (Lipinski definition) is 6. The minimum absolute atomic E-state index is 0.0246. The van der Waals surface area contributed by atoms with Crippen LogP contribution in [0.25, 0.3) is 10.6 Å². The lowest BCUT2D eigenvalue weighted by molar-refractivity contribution is 0.0993. The van der Waals surface area contributed by atoms with Gasteiger partial charge in [-0.3, -0.25) is 9.59 Å². The number of rotatable bonds is 4. The van der Waals surface area contributed by atoms with Crippen LogP contribution in [0.1, 0.15) is 16.2 Å². The lowest BCUT2D eigenvalue weighted by Gasteiger charge is -2.02. The van der Waals surface area contributed by atoms with Crippen LogP contribution in [-0.2, 0) is 6.54 Å². The second-order valence-corrected chi connectivity index (χ2v) is 5.19. The van der Waals surface area contributed by atoms with Gasteiger partial charge in [0.05, 0.1) is 11.4 Å². The van der Waals surface area contributed by atoms with Gasteiger partial charge in [-0.1, -0.05) is 11.2 Å². The summed E-state index contributed by atoms with van der Waals surface area (Å²) >= 11 is 1.53. The SMILES string of the molecule is NC(=O)c1ccc(=O)n(Cc2cc(-c3cccs3)on2)n1. The molecule has 3 aromatic heterocycles. The first kappa shape index (κ1) is 13.3. The fourth-order valence-corrected chi connectivity index (χ4v) is 2.44. The van der Waals surface area contributed by atoms with Crippen LogP contribution in [0.5, 0.6) is 0 Å². The largest absolute Gasteiger partial charge is 0.364 e. The molecule has 0 fully saturated rings. The number of thiophene rings is 1. The lowest BCUT2D eigenvalue weighted by Crippen LogP contribution is -2.26. The average Bonchev–Trinajstić information content (AvgIpc) is 3.11. The van der Waals surface area contributed by atoms with Gasteiger partial charge in [0.25, 0.3) is 11.5 Å². The molecule has 7 nitrogen and oxygen atoms in total. The van der Waals surface area contributed by atoms with Gasteiger partial charge in [-0.15, -0.1) is 11.3 Å². The van der Waals surface area contributed by atoms with E-state index in [2.05, 4.69) is 10.3 Å². The Hall–Kier alpha value is -2.74. The summed E-state index contributed by atoms with van der Waals surface area (Å²) in [6.07, 6.45) is 0. The number of amides is 1. The van der Waals surface area contributed by atoms with Crippen molar-refractivity contribution in [1.29, 1.82) is 0 Å². The number of nitrogens with two attached hydrogens (primary N) is 1. The van der Waals surface area contributed by atoms with Crippen molar-refractivity contribution in [2.75, 3.05) is 0 Å². The maximum Gasteiger partial charge on any atom is 0.269 e. The Bertz CT molecular complexity index is 835. The molecule has 0 aromatic carbocycles. The molecule has 0 spiro atoms. The van der Waals surface area contributed by atoms with E-state index in [0.29, 0.717) is 11.5 Å². The highest BCUT2D eigenvalue weighted by molar-refractivity contribution is 7.13. The van der Waals surface area contributed by atoms with E-state index < -0.39 is 5.91 Å². The Labute approximate surface area is 122 Å². The van der Waals surface area contributed by atoms with Crippen molar-refractivity contribution in [2.24, 2.45) is 5.73 Å². The van der Waals surface area contributed by atoms with Crippen LogP contribution in [0.3, 0.4) is 0 Å². The fourth-order valence-electron chi connectivity index (χ4n) is 1.77. The number of aromatic nitrogens is 3. The summed E-state index contributed by atoms with van der Waals surface area (Å²) in [5.41, 5.74) is 5.36. The van der Waals surface area contributed by atoms with E-state index in [1.165, 1.54) is 23.5 Å². The molecule has 3 rings (SSSR count). The first-order chi connectivity index (χ1) is 10.1. The summed E-state index contributed by atoms with van der Waals surface area (Å²) in [6.45, 7) is 0.106. The van der Waals surface area contributed by atoms with Gasteiger partial charge in [0.1, 0.15) is 11.4 Å². The molecule has 106 valence electrons. The number of hydrogen-bond donors (Lipinski definition) is 1. The maximum atomic E-state index is 11.7. The Kier molecular flexibility index (Phi) is 3.36. The van der Waals surface area contributed by atoms with Crippen LogP contribution in [0.2, 0.25) is 0 Å². The molecular formula is C13H10N4O3S. The summed E-state index contributed by atoms with van der Waals surface area (Å²) in [5.74, 6) is -0.0673. The summed E-state index contributed by atoms with van der Waals surface area (Å²) < 4.78 is 6.35. The fraction of sp³-hybridized carbons (Fsp3) is 0.0769. The Morgan fingerprint density at radius 2 is 2.24 bits per heavy atom. The quantitative estimate of drug-likeness (QED) is 0.777. The van der Waals surface area contributed by atoms with Gasteiger partial charge in [-0.25, -0.2) is 4.68 Å². The Balaban J connectivity index is 1.89. The summed E-state index contributed by atoms with van der Waals surface area (Å²) in [4.78, 5) is 23.8. The first-order valence-corrected chi connectivity index (χ1v) is 6.89. The van der Waals surface area contributed by atoms with Gasteiger partial charge in [0.2, 0.25) is 0 Å². The predicted molar refractivity (Wildman–Crippen MR) is 75.9 cm³/mol. The molecular weight excluding hydrogens is 292 g/mol. The van der Waals surface area contributed by atoms with Crippen LogP contribution in [-0.4, -0.2) is 20.8 Å². The molecule has 3 aromatic rings. The molecule has 0 saturated heterocycles. The van der Waals surface area contributed by atoms with Crippen LogP contribution < -0.4 is 11.3 Å². The highest BCUT2D eigenvalue weighted by Gasteiger charge is 2.11. The smallest absolute Gasteiger partial charge is 0.269 e. The molecule has 0 aliphatic heterocycles. The van der Waals surface area contributed by atoms with Crippen molar-refractivity contribution in [3.05, 3.63) is 57.5 Å². The van der Waals surface area contributed by atoms with Gasteiger partial charge in [0, 0.05) is 12.1 Å². The monoisotopic (exact) mass is 302 g/mol. The van der Waals surface area contributed by atoms with Gasteiger partial charge < -0.3 is 10.3 Å². The summed E-state index contributed by atoms with van der Waals surface area (Å²) in [7, 11) is 0. The third-order valence-electron chi connectivity index (χ3n) is 2.75. The molecule has 21 heavy (non-hydrogen) atoms. The zero-order valence-electron chi connectivity index (χ0n) is 10.7. The molecule has 0 aliphatic carbocycles.